The van der Waals surface area contributed by atoms with Crippen LogP contribution >= 0.6 is 0 Å². The van der Waals surface area contributed by atoms with E-state index in [0.29, 0.717) is 17.9 Å². The normalized spacial score (nSPS) is 11.0. The largest absolute Gasteiger partial charge is 0.460 e. The summed E-state index contributed by atoms with van der Waals surface area (Å²) >= 11 is 0. The number of carbonyl (C=O) groups excluding carboxylic acids is 2. The lowest BCUT2D eigenvalue weighted by Gasteiger charge is -2.19. The van der Waals surface area contributed by atoms with Crippen molar-refractivity contribution in [2.24, 2.45) is 0 Å². The summed E-state index contributed by atoms with van der Waals surface area (Å²) in [7, 11) is 0. The second-order valence-corrected chi connectivity index (χ2v) is 7.67. The van der Waals surface area contributed by atoms with Crippen molar-refractivity contribution in [3.63, 3.8) is 0 Å². The summed E-state index contributed by atoms with van der Waals surface area (Å²) < 4.78 is 10.5. The molecule has 0 heterocycles. The van der Waals surface area contributed by atoms with Gasteiger partial charge in [-0.1, -0.05) is 36.8 Å². The molecule has 0 spiro atoms. The minimum Gasteiger partial charge on any atom is -0.460 e. The van der Waals surface area contributed by atoms with Crippen LogP contribution in [-0.4, -0.2) is 17.7 Å². The molecule has 0 saturated carbocycles. The van der Waals surface area contributed by atoms with Crippen molar-refractivity contribution in [1.82, 2.24) is 0 Å². The number of carbonyl (C=O) groups is 2. The van der Waals surface area contributed by atoms with Crippen molar-refractivity contribution in [2.75, 3.05) is 5.32 Å². The van der Waals surface area contributed by atoms with Gasteiger partial charge in [-0.2, -0.15) is 0 Å². The van der Waals surface area contributed by atoms with Crippen LogP contribution in [0.4, 0.5) is 10.5 Å². The van der Waals surface area contributed by atoms with Crippen molar-refractivity contribution in [2.45, 2.75) is 58.5 Å². The maximum atomic E-state index is 11.9. The van der Waals surface area contributed by atoms with E-state index in [1.807, 2.05) is 63.2 Å². The van der Waals surface area contributed by atoms with Crippen LogP contribution in [0.5, 0.6) is 5.75 Å². The van der Waals surface area contributed by atoms with E-state index in [1.165, 1.54) is 5.56 Å². The van der Waals surface area contributed by atoms with E-state index in [2.05, 4.69) is 5.32 Å². The van der Waals surface area contributed by atoms with Crippen molar-refractivity contribution < 1.29 is 19.1 Å². The first kappa shape index (κ1) is 21.5. The lowest BCUT2D eigenvalue weighted by molar-refractivity contribution is -0.154. The number of anilines is 1. The fraction of sp³-hybridized carbons (Fsp3) is 0.391. The molecule has 5 nitrogen and oxygen atoms in total. The van der Waals surface area contributed by atoms with Crippen LogP contribution in [-0.2, 0) is 16.0 Å². The molecule has 150 valence electrons. The van der Waals surface area contributed by atoms with E-state index in [0.717, 1.165) is 25.7 Å². The van der Waals surface area contributed by atoms with Gasteiger partial charge in [0, 0.05) is 12.1 Å². The third-order valence-electron chi connectivity index (χ3n) is 3.92. The van der Waals surface area contributed by atoms with Gasteiger partial charge in [-0.25, -0.2) is 4.79 Å². The number of esters is 1. The molecule has 0 radical (unpaired) electrons. The van der Waals surface area contributed by atoms with Crippen LogP contribution in [0.15, 0.2) is 54.6 Å². The van der Waals surface area contributed by atoms with Crippen LogP contribution in [0, 0.1) is 0 Å². The number of unbranched alkanes of at least 4 members (excludes halogenated alkanes) is 2. The van der Waals surface area contributed by atoms with Gasteiger partial charge < -0.3 is 9.47 Å². The molecule has 0 aliphatic heterocycles. The number of para-hydroxylation sites is 1. The summed E-state index contributed by atoms with van der Waals surface area (Å²) in [6.07, 6.45) is 3.70. The van der Waals surface area contributed by atoms with Gasteiger partial charge in [0.25, 0.3) is 0 Å². The SMILES string of the molecule is CC(C)(C)OC(=O)CCCCCc1ccc(NC(=O)Oc2ccccc2)cc1. The van der Waals surface area contributed by atoms with Crippen LogP contribution in [0.2, 0.25) is 0 Å². The molecular formula is C23H29NO4. The molecule has 28 heavy (non-hydrogen) atoms. The number of hydrogen-bond donors (Lipinski definition) is 1. The first-order valence-corrected chi connectivity index (χ1v) is 9.66. The highest BCUT2D eigenvalue weighted by molar-refractivity contribution is 5.86. The quantitative estimate of drug-likeness (QED) is 0.466. The van der Waals surface area contributed by atoms with E-state index in [4.69, 9.17) is 9.47 Å². The highest BCUT2D eigenvalue weighted by Gasteiger charge is 2.15. The van der Waals surface area contributed by atoms with Gasteiger partial charge in [0.2, 0.25) is 0 Å². The molecule has 0 aliphatic carbocycles. The van der Waals surface area contributed by atoms with Crippen molar-refractivity contribution >= 4 is 17.7 Å². The molecule has 0 bridgehead atoms. The van der Waals surface area contributed by atoms with Crippen molar-refractivity contribution in [1.29, 1.82) is 0 Å². The fourth-order valence-electron chi connectivity index (χ4n) is 2.66. The van der Waals surface area contributed by atoms with Gasteiger partial charge in [-0.05, 0) is 69.9 Å². The summed E-state index contributed by atoms with van der Waals surface area (Å²) in [5.41, 5.74) is 1.47. The minimum absolute atomic E-state index is 0.134. The summed E-state index contributed by atoms with van der Waals surface area (Å²) in [5, 5.41) is 2.71. The van der Waals surface area contributed by atoms with E-state index in [1.54, 1.807) is 12.1 Å². The highest BCUT2D eigenvalue weighted by Crippen LogP contribution is 2.15. The Morgan fingerprint density at radius 1 is 0.893 bits per heavy atom. The average molecular weight is 383 g/mol. The molecule has 2 aromatic carbocycles. The summed E-state index contributed by atoms with van der Waals surface area (Å²) in [4.78, 5) is 23.5. The predicted octanol–water partition coefficient (Wildman–Crippen LogP) is 5.74. The van der Waals surface area contributed by atoms with Crippen molar-refractivity contribution in [3.8, 4) is 5.75 Å². The van der Waals surface area contributed by atoms with E-state index in [9.17, 15) is 9.59 Å². The summed E-state index contributed by atoms with van der Waals surface area (Å²) in [5.74, 6) is 0.369. The molecule has 0 aromatic heterocycles. The fourth-order valence-corrected chi connectivity index (χ4v) is 2.66. The highest BCUT2D eigenvalue weighted by atomic mass is 16.6. The number of aryl methyl sites for hydroxylation is 1. The number of rotatable bonds is 8. The molecule has 0 saturated heterocycles. The number of amides is 1. The molecular weight excluding hydrogens is 354 g/mol. The van der Waals surface area contributed by atoms with E-state index < -0.39 is 11.7 Å². The topological polar surface area (TPSA) is 64.6 Å². The molecule has 0 aliphatic rings. The minimum atomic E-state index is -0.513. The third-order valence-corrected chi connectivity index (χ3v) is 3.92. The number of hydrogen-bond acceptors (Lipinski definition) is 4. The van der Waals surface area contributed by atoms with Gasteiger partial charge in [0.1, 0.15) is 11.4 Å². The molecule has 2 aromatic rings. The smallest absolute Gasteiger partial charge is 0.417 e. The van der Waals surface area contributed by atoms with Crippen LogP contribution in [0.25, 0.3) is 0 Å². The Balaban J connectivity index is 1.65. The average Bonchev–Trinajstić information content (AvgIpc) is 2.62. The van der Waals surface area contributed by atoms with E-state index in [-0.39, 0.29) is 5.97 Å². The molecule has 0 unspecified atom stereocenters. The maximum Gasteiger partial charge on any atom is 0.417 e. The predicted molar refractivity (Wildman–Crippen MR) is 111 cm³/mol. The zero-order valence-electron chi connectivity index (χ0n) is 16.9. The van der Waals surface area contributed by atoms with Crippen LogP contribution in [0.3, 0.4) is 0 Å². The van der Waals surface area contributed by atoms with E-state index >= 15 is 0 Å². The number of ether oxygens (including phenoxy) is 2. The second-order valence-electron chi connectivity index (χ2n) is 7.67. The maximum absolute atomic E-state index is 11.9. The molecule has 0 atom stereocenters. The standard InChI is InChI=1S/C23H29NO4/c1-23(2,3)28-21(25)13-9-4-6-10-18-14-16-19(17-15-18)24-22(26)27-20-11-7-5-8-12-20/h5,7-8,11-12,14-17H,4,6,9-10,13H2,1-3H3,(H,24,26). The zero-order chi connectivity index (χ0) is 20.4. The number of benzene rings is 2. The first-order valence-electron chi connectivity index (χ1n) is 9.66. The van der Waals surface area contributed by atoms with Crippen LogP contribution < -0.4 is 10.1 Å². The van der Waals surface area contributed by atoms with Gasteiger partial charge in [0.15, 0.2) is 0 Å². The Hall–Kier alpha value is -2.82. The monoisotopic (exact) mass is 383 g/mol. The molecule has 1 N–H and O–H groups in total. The van der Waals surface area contributed by atoms with Crippen molar-refractivity contribution in [3.05, 3.63) is 60.2 Å². The van der Waals surface area contributed by atoms with Gasteiger partial charge in [-0.15, -0.1) is 0 Å². The van der Waals surface area contributed by atoms with Crippen LogP contribution in [0.1, 0.15) is 52.0 Å². The van der Waals surface area contributed by atoms with Gasteiger partial charge in [-0.3, -0.25) is 10.1 Å². The Bertz CT molecular complexity index is 748. The molecule has 0 fully saturated rings. The summed E-state index contributed by atoms with van der Waals surface area (Å²) in [6.45, 7) is 5.64. The Labute approximate surface area is 167 Å². The Morgan fingerprint density at radius 2 is 1.57 bits per heavy atom. The van der Waals surface area contributed by atoms with Gasteiger partial charge >= 0.3 is 12.1 Å². The second kappa shape index (κ2) is 10.5. The first-order chi connectivity index (χ1) is 13.3. The van der Waals surface area contributed by atoms with Gasteiger partial charge in [0.05, 0.1) is 0 Å². The molecule has 5 heteroatoms. The Kier molecular flexibility index (Phi) is 8.05. The third kappa shape index (κ3) is 8.71. The summed E-state index contributed by atoms with van der Waals surface area (Å²) in [6, 6.07) is 16.6. The molecule has 1 amide bonds. The zero-order valence-corrected chi connectivity index (χ0v) is 16.9. The lowest BCUT2D eigenvalue weighted by atomic mass is 10.1. The molecule has 2 rings (SSSR count). The number of nitrogens with one attached hydrogen (secondary N) is 1. The Morgan fingerprint density at radius 3 is 2.21 bits per heavy atom. The lowest BCUT2D eigenvalue weighted by Crippen LogP contribution is -2.23.